The SMILES string of the molecule is CNCCC1CCN(Cc2ccccc2OC(C)C)CC1.Cl. The highest BCUT2D eigenvalue weighted by Gasteiger charge is 2.19. The minimum atomic E-state index is 0. The van der Waals surface area contributed by atoms with Gasteiger partial charge in [-0.05, 0) is 71.8 Å². The fraction of sp³-hybridized carbons (Fsp3) is 0.667. The van der Waals surface area contributed by atoms with Crippen LogP contribution in [0.4, 0.5) is 0 Å². The summed E-state index contributed by atoms with van der Waals surface area (Å²) in [6.45, 7) is 8.76. The maximum absolute atomic E-state index is 5.93. The lowest BCUT2D eigenvalue weighted by molar-refractivity contribution is 0.168. The maximum Gasteiger partial charge on any atom is 0.124 e. The number of para-hydroxylation sites is 1. The van der Waals surface area contributed by atoms with Crippen LogP contribution in [0.15, 0.2) is 24.3 Å². The molecule has 0 aliphatic carbocycles. The van der Waals surface area contributed by atoms with Crippen molar-refractivity contribution in [2.45, 2.75) is 45.8 Å². The second-order valence-corrected chi connectivity index (χ2v) is 6.39. The summed E-state index contributed by atoms with van der Waals surface area (Å²) in [4.78, 5) is 2.57. The van der Waals surface area contributed by atoms with Crippen LogP contribution in [-0.4, -0.2) is 37.7 Å². The molecule has 1 fully saturated rings. The van der Waals surface area contributed by atoms with E-state index in [1.54, 1.807) is 0 Å². The van der Waals surface area contributed by atoms with Crippen molar-refractivity contribution in [3.63, 3.8) is 0 Å². The van der Waals surface area contributed by atoms with E-state index in [-0.39, 0.29) is 18.5 Å². The van der Waals surface area contributed by atoms with Crippen LogP contribution in [0.3, 0.4) is 0 Å². The summed E-state index contributed by atoms with van der Waals surface area (Å²) in [6, 6.07) is 8.47. The van der Waals surface area contributed by atoms with Gasteiger partial charge in [-0.1, -0.05) is 18.2 Å². The lowest BCUT2D eigenvalue weighted by Crippen LogP contribution is -2.34. The van der Waals surface area contributed by atoms with Crippen LogP contribution in [0.1, 0.15) is 38.7 Å². The molecule has 4 heteroatoms. The van der Waals surface area contributed by atoms with Gasteiger partial charge in [-0.2, -0.15) is 0 Å². The summed E-state index contributed by atoms with van der Waals surface area (Å²) < 4.78 is 5.93. The quantitative estimate of drug-likeness (QED) is 0.826. The highest BCUT2D eigenvalue weighted by Crippen LogP contribution is 2.25. The molecular weight excluding hydrogens is 296 g/mol. The molecule has 0 spiro atoms. The zero-order valence-electron chi connectivity index (χ0n) is 14.2. The van der Waals surface area contributed by atoms with Crippen LogP contribution in [0.5, 0.6) is 5.75 Å². The molecule has 0 unspecified atom stereocenters. The monoisotopic (exact) mass is 326 g/mol. The smallest absolute Gasteiger partial charge is 0.124 e. The average Bonchev–Trinajstić information content (AvgIpc) is 2.48. The summed E-state index contributed by atoms with van der Waals surface area (Å²) in [5.74, 6) is 1.95. The summed E-state index contributed by atoms with van der Waals surface area (Å²) in [6.07, 6.45) is 4.21. The van der Waals surface area contributed by atoms with E-state index in [1.807, 2.05) is 7.05 Å². The summed E-state index contributed by atoms with van der Waals surface area (Å²) in [5, 5.41) is 3.26. The molecule has 126 valence electrons. The number of hydrogen-bond acceptors (Lipinski definition) is 3. The second kappa shape index (κ2) is 10.1. The molecular formula is C18H31ClN2O. The Morgan fingerprint density at radius 3 is 2.55 bits per heavy atom. The van der Waals surface area contributed by atoms with Crippen molar-refractivity contribution >= 4 is 12.4 Å². The number of rotatable bonds is 7. The van der Waals surface area contributed by atoms with Gasteiger partial charge in [0, 0.05) is 12.1 Å². The van der Waals surface area contributed by atoms with E-state index in [0.717, 1.165) is 24.8 Å². The summed E-state index contributed by atoms with van der Waals surface area (Å²) in [7, 11) is 2.04. The van der Waals surface area contributed by atoms with Crippen molar-refractivity contribution in [2.75, 3.05) is 26.7 Å². The minimum Gasteiger partial charge on any atom is -0.491 e. The Kier molecular flexibility index (Phi) is 8.84. The number of ether oxygens (including phenoxy) is 1. The van der Waals surface area contributed by atoms with Gasteiger partial charge < -0.3 is 10.1 Å². The van der Waals surface area contributed by atoms with E-state index < -0.39 is 0 Å². The number of nitrogens with one attached hydrogen (secondary N) is 1. The van der Waals surface area contributed by atoms with Crippen LogP contribution < -0.4 is 10.1 Å². The third-order valence-corrected chi connectivity index (χ3v) is 4.24. The Labute approximate surface area is 141 Å². The number of likely N-dealkylation sites (tertiary alicyclic amines) is 1. The first-order chi connectivity index (χ1) is 10.2. The van der Waals surface area contributed by atoms with Crippen LogP contribution >= 0.6 is 12.4 Å². The number of halogens is 1. The third-order valence-electron chi connectivity index (χ3n) is 4.24. The molecule has 0 atom stereocenters. The van der Waals surface area contributed by atoms with Crippen LogP contribution in [0.2, 0.25) is 0 Å². The molecule has 3 nitrogen and oxygen atoms in total. The van der Waals surface area contributed by atoms with Crippen molar-refractivity contribution in [3.05, 3.63) is 29.8 Å². The van der Waals surface area contributed by atoms with Gasteiger partial charge in [0.2, 0.25) is 0 Å². The first-order valence-corrected chi connectivity index (χ1v) is 8.30. The first-order valence-electron chi connectivity index (χ1n) is 8.30. The first kappa shape index (κ1) is 19.3. The Hall–Kier alpha value is -0.770. The Morgan fingerprint density at radius 2 is 1.91 bits per heavy atom. The molecule has 1 heterocycles. The number of piperidine rings is 1. The Morgan fingerprint density at radius 1 is 1.23 bits per heavy atom. The lowest BCUT2D eigenvalue weighted by Gasteiger charge is -2.32. The van der Waals surface area contributed by atoms with Gasteiger partial charge in [-0.25, -0.2) is 0 Å². The van der Waals surface area contributed by atoms with Crippen molar-refractivity contribution in [2.24, 2.45) is 5.92 Å². The fourth-order valence-electron chi connectivity index (χ4n) is 3.03. The molecule has 1 aliphatic heterocycles. The Balaban J connectivity index is 0.00000242. The van der Waals surface area contributed by atoms with Crippen molar-refractivity contribution in [1.82, 2.24) is 10.2 Å². The van der Waals surface area contributed by atoms with E-state index in [4.69, 9.17) is 4.74 Å². The maximum atomic E-state index is 5.93. The van der Waals surface area contributed by atoms with Gasteiger partial charge in [0.15, 0.2) is 0 Å². The van der Waals surface area contributed by atoms with E-state index in [9.17, 15) is 0 Å². The largest absolute Gasteiger partial charge is 0.491 e. The molecule has 1 aromatic rings. The normalized spacial score (nSPS) is 16.5. The van der Waals surface area contributed by atoms with E-state index >= 15 is 0 Å². The zero-order chi connectivity index (χ0) is 15.1. The van der Waals surface area contributed by atoms with Crippen molar-refractivity contribution in [1.29, 1.82) is 0 Å². The van der Waals surface area contributed by atoms with Crippen molar-refractivity contribution in [3.8, 4) is 5.75 Å². The molecule has 0 radical (unpaired) electrons. The van der Waals surface area contributed by atoms with Gasteiger partial charge in [0.25, 0.3) is 0 Å². The number of nitrogens with zero attached hydrogens (tertiary/aromatic N) is 1. The van der Waals surface area contributed by atoms with Crippen LogP contribution in [0.25, 0.3) is 0 Å². The molecule has 1 N–H and O–H groups in total. The molecule has 1 aromatic carbocycles. The predicted molar refractivity (Wildman–Crippen MR) is 96.0 cm³/mol. The third kappa shape index (κ3) is 6.15. The highest BCUT2D eigenvalue weighted by atomic mass is 35.5. The summed E-state index contributed by atoms with van der Waals surface area (Å²) in [5.41, 5.74) is 1.32. The predicted octanol–water partition coefficient (Wildman–Crippen LogP) is 3.72. The van der Waals surface area contributed by atoms with Gasteiger partial charge in [-0.3, -0.25) is 4.90 Å². The van der Waals surface area contributed by atoms with Crippen molar-refractivity contribution < 1.29 is 4.74 Å². The standard InChI is InChI=1S/C18H30N2O.ClH/c1-15(2)21-18-7-5-4-6-17(18)14-20-12-9-16(10-13-20)8-11-19-3;/h4-7,15-16,19H,8-14H2,1-3H3;1H. The molecule has 1 aliphatic rings. The van der Waals surface area contributed by atoms with Gasteiger partial charge in [-0.15, -0.1) is 12.4 Å². The van der Waals surface area contributed by atoms with Gasteiger partial charge >= 0.3 is 0 Å². The average molecular weight is 327 g/mol. The minimum absolute atomic E-state index is 0. The lowest BCUT2D eigenvalue weighted by atomic mass is 9.93. The van der Waals surface area contributed by atoms with Gasteiger partial charge in [0.1, 0.15) is 5.75 Å². The number of benzene rings is 1. The molecule has 22 heavy (non-hydrogen) atoms. The molecule has 0 aromatic heterocycles. The molecule has 2 rings (SSSR count). The second-order valence-electron chi connectivity index (χ2n) is 6.39. The summed E-state index contributed by atoms with van der Waals surface area (Å²) >= 11 is 0. The topological polar surface area (TPSA) is 24.5 Å². The van der Waals surface area contributed by atoms with E-state index in [0.29, 0.717) is 0 Å². The molecule has 1 saturated heterocycles. The van der Waals surface area contributed by atoms with Crippen LogP contribution in [-0.2, 0) is 6.54 Å². The fourth-order valence-corrected chi connectivity index (χ4v) is 3.03. The number of hydrogen-bond donors (Lipinski definition) is 1. The zero-order valence-corrected chi connectivity index (χ0v) is 15.0. The molecule has 0 bridgehead atoms. The molecule has 0 amide bonds. The van der Waals surface area contributed by atoms with E-state index in [2.05, 4.69) is 48.3 Å². The van der Waals surface area contributed by atoms with Gasteiger partial charge in [0.05, 0.1) is 6.10 Å². The highest BCUT2D eigenvalue weighted by molar-refractivity contribution is 5.85. The van der Waals surface area contributed by atoms with Crippen LogP contribution in [0, 0.1) is 5.92 Å². The molecule has 0 saturated carbocycles. The Bertz CT molecular complexity index is 417. The van der Waals surface area contributed by atoms with E-state index in [1.165, 1.54) is 37.9 Å².